The van der Waals surface area contributed by atoms with E-state index in [2.05, 4.69) is 9.71 Å². The fourth-order valence-corrected chi connectivity index (χ4v) is 2.51. The number of methoxy groups -OCH3 is 1. The quantitative estimate of drug-likeness (QED) is 0.732. The molecule has 0 unspecified atom stereocenters. The third kappa shape index (κ3) is 4.41. The molecule has 0 bridgehead atoms. The standard InChI is InChI=1S/C10H16ClN3O3S/c1-17-5-3-2-4-14-18(15,16)8-6-9(11)10(12)13-7-8/h6-7,14H,2-5H2,1H3,(H2,12,13). The maximum Gasteiger partial charge on any atom is 0.242 e. The highest BCUT2D eigenvalue weighted by molar-refractivity contribution is 7.89. The van der Waals surface area contributed by atoms with Crippen molar-refractivity contribution in [2.45, 2.75) is 17.7 Å². The van der Waals surface area contributed by atoms with Crippen LogP contribution in [0, 0.1) is 0 Å². The number of nitrogens with zero attached hydrogens (tertiary/aromatic N) is 1. The van der Waals surface area contributed by atoms with E-state index in [0.29, 0.717) is 19.6 Å². The molecule has 0 saturated heterocycles. The van der Waals surface area contributed by atoms with Gasteiger partial charge in [0.05, 0.1) is 5.02 Å². The first kappa shape index (κ1) is 15.2. The summed E-state index contributed by atoms with van der Waals surface area (Å²) < 4.78 is 31.0. The third-order valence-electron chi connectivity index (χ3n) is 2.22. The van der Waals surface area contributed by atoms with Gasteiger partial charge in [-0.2, -0.15) is 0 Å². The minimum Gasteiger partial charge on any atom is -0.385 e. The van der Waals surface area contributed by atoms with Gasteiger partial charge in [0, 0.05) is 26.5 Å². The molecule has 8 heteroatoms. The van der Waals surface area contributed by atoms with Gasteiger partial charge in [-0.25, -0.2) is 18.1 Å². The van der Waals surface area contributed by atoms with Crippen LogP contribution in [0.25, 0.3) is 0 Å². The number of sulfonamides is 1. The molecule has 0 atom stereocenters. The van der Waals surface area contributed by atoms with E-state index in [-0.39, 0.29) is 15.7 Å². The van der Waals surface area contributed by atoms with E-state index in [4.69, 9.17) is 22.1 Å². The van der Waals surface area contributed by atoms with E-state index in [1.54, 1.807) is 7.11 Å². The third-order valence-corrected chi connectivity index (χ3v) is 3.95. The number of pyridine rings is 1. The second-order valence-electron chi connectivity index (χ2n) is 3.64. The van der Waals surface area contributed by atoms with E-state index in [1.807, 2.05) is 0 Å². The van der Waals surface area contributed by atoms with E-state index in [1.165, 1.54) is 12.3 Å². The molecule has 6 nitrogen and oxygen atoms in total. The molecule has 1 aromatic rings. The molecular formula is C10H16ClN3O3S. The Kier molecular flexibility index (Phi) is 5.80. The highest BCUT2D eigenvalue weighted by atomic mass is 35.5. The van der Waals surface area contributed by atoms with E-state index >= 15 is 0 Å². The summed E-state index contributed by atoms with van der Waals surface area (Å²) in [6.07, 6.45) is 2.67. The average molecular weight is 294 g/mol. The largest absolute Gasteiger partial charge is 0.385 e. The van der Waals surface area contributed by atoms with Crippen molar-refractivity contribution in [1.82, 2.24) is 9.71 Å². The second kappa shape index (κ2) is 6.89. The lowest BCUT2D eigenvalue weighted by Gasteiger charge is -2.07. The van der Waals surface area contributed by atoms with Crippen LogP contribution in [-0.4, -0.2) is 33.7 Å². The lowest BCUT2D eigenvalue weighted by atomic mass is 10.3. The van der Waals surface area contributed by atoms with Crippen molar-refractivity contribution in [2.75, 3.05) is 26.0 Å². The number of halogens is 1. The fraction of sp³-hybridized carbons (Fsp3) is 0.500. The molecule has 18 heavy (non-hydrogen) atoms. The number of rotatable bonds is 7. The molecule has 0 aliphatic heterocycles. The number of hydrogen-bond donors (Lipinski definition) is 2. The number of ether oxygens (including phenoxy) is 1. The first-order valence-electron chi connectivity index (χ1n) is 5.37. The number of nitrogen functional groups attached to an aromatic ring is 1. The number of nitrogens with two attached hydrogens (primary N) is 1. The zero-order valence-electron chi connectivity index (χ0n) is 10.0. The molecular weight excluding hydrogens is 278 g/mol. The predicted molar refractivity (Wildman–Crippen MR) is 70.0 cm³/mol. The van der Waals surface area contributed by atoms with Gasteiger partial charge >= 0.3 is 0 Å². The molecule has 102 valence electrons. The van der Waals surface area contributed by atoms with Gasteiger partial charge in [0.2, 0.25) is 10.0 Å². The van der Waals surface area contributed by atoms with Gasteiger partial charge in [0.25, 0.3) is 0 Å². The summed E-state index contributed by atoms with van der Waals surface area (Å²) in [6, 6.07) is 1.28. The van der Waals surface area contributed by atoms with Crippen molar-refractivity contribution in [3.05, 3.63) is 17.3 Å². The Morgan fingerprint density at radius 2 is 2.22 bits per heavy atom. The van der Waals surface area contributed by atoms with Crippen LogP contribution in [0.4, 0.5) is 5.82 Å². The minimum atomic E-state index is -3.58. The smallest absolute Gasteiger partial charge is 0.242 e. The zero-order chi connectivity index (χ0) is 13.6. The Labute approximate surface area is 112 Å². The molecule has 3 N–H and O–H groups in total. The van der Waals surface area contributed by atoms with Crippen LogP contribution in [0.1, 0.15) is 12.8 Å². The van der Waals surface area contributed by atoms with Crippen LogP contribution in [-0.2, 0) is 14.8 Å². The Morgan fingerprint density at radius 1 is 1.50 bits per heavy atom. The Hall–Kier alpha value is -0.890. The van der Waals surface area contributed by atoms with Crippen LogP contribution in [0.2, 0.25) is 5.02 Å². The Bertz CT molecular complexity index is 493. The fourth-order valence-electron chi connectivity index (χ4n) is 1.24. The maximum atomic E-state index is 11.8. The number of anilines is 1. The molecule has 0 aliphatic rings. The van der Waals surface area contributed by atoms with Gasteiger partial charge in [0.1, 0.15) is 10.7 Å². The molecule has 1 aromatic heterocycles. The Morgan fingerprint density at radius 3 is 2.83 bits per heavy atom. The lowest BCUT2D eigenvalue weighted by molar-refractivity contribution is 0.193. The lowest BCUT2D eigenvalue weighted by Crippen LogP contribution is -2.25. The number of hydrogen-bond acceptors (Lipinski definition) is 5. The SMILES string of the molecule is COCCCCNS(=O)(=O)c1cnc(N)c(Cl)c1. The van der Waals surface area contributed by atoms with Crippen LogP contribution in [0.5, 0.6) is 0 Å². The predicted octanol–water partition coefficient (Wildman–Crippen LogP) is 1.02. The number of nitrogens with one attached hydrogen (secondary N) is 1. The van der Waals surface area contributed by atoms with E-state index < -0.39 is 10.0 Å². The van der Waals surface area contributed by atoms with Gasteiger partial charge < -0.3 is 10.5 Å². The first-order chi connectivity index (χ1) is 8.47. The zero-order valence-corrected chi connectivity index (χ0v) is 11.6. The van der Waals surface area contributed by atoms with Gasteiger partial charge in [0.15, 0.2) is 0 Å². The van der Waals surface area contributed by atoms with Crippen LogP contribution >= 0.6 is 11.6 Å². The van der Waals surface area contributed by atoms with Crippen molar-refractivity contribution in [1.29, 1.82) is 0 Å². The minimum absolute atomic E-state index is 0.00782. The molecule has 0 amide bonds. The summed E-state index contributed by atoms with van der Waals surface area (Å²) in [6.45, 7) is 0.949. The molecule has 1 heterocycles. The summed E-state index contributed by atoms with van der Waals surface area (Å²) >= 11 is 5.73. The molecule has 0 spiro atoms. The second-order valence-corrected chi connectivity index (χ2v) is 5.81. The van der Waals surface area contributed by atoms with Crippen molar-refractivity contribution >= 4 is 27.4 Å². The van der Waals surface area contributed by atoms with Crippen molar-refractivity contribution in [3.63, 3.8) is 0 Å². The van der Waals surface area contributed by atoms with Gasteiger partial charge in [-0.15, -0.1) is 0 Å². The molecule has 0 saturated carbocycles. The van der Waals surface area contributed by atoms with Gasteiger partial charge in [-0.05, 0) is 18.9 Å². The number of unbranched alkanes of at least 4 members (excludes halogenated alkanes) is 1. The topological polar surface area (TPSA) is 94.3 Å². The van der Waals surface area contributed by atoms with Gasteiger partial charge in [-0.1, -0.05) is 11.6 Å². The summed E-state index contributed by atoms with van der Waals surface area (Å²) in [5, 5.41) is 0.122. The summed E-state index contributed by atoms with van der Waals surface area (Å²) in [7, 11) is -1.98. The maximum absolute atomic E-state index is 11.8. The summed E-state index contributed by atoms with van der Waals surface area (Å²) in [4.78, 5) is 3.72. The normalized spacial score (nSPS) is 11.7. The molecule has 0 aromatic carbocycles. The number of aromatic nitrogens is 1. The monoisotopic (exact) mass is 293 g/mol. The highest BCUT2D eigenvalue weighted by Crippen LogP contribution is 2.19. The summed E-state index contributed by atoms with van der Waals surface area (Å²) in [5.41, 5.74) is 5.41. The molecule has 0 radical (unpaired) electrons. The Balaban J connectivity index is 2.60. The van der Waals surface area contributed by atoms with Crippen molar-refractivity contribution in [3.8, 4) is 0 Å². The average Bonchev–Trinajstić information content (AvgIpc) is 2.32. The molecule has 0 aliphatic carbocycles. The van der Waals surface area contributed by atoms with E-state index in [0.717, 1.165) is 6.42 Å². The van der Waals surface area contributed by atoms with Crippen LogP contribution in [0.15, 0.2) is 17.2 Å². The van der Waals surface area contributed by atoms with Gasteiger partial charge in [-0.3, -0.25) is 0 Å². The molecule has 0 fully saturated rings. The van der Waals surface area contributed by atoms with Crippen LogP contribution in [0.3, 0.4) is 0 Å². The highest BCUT2D eigenvalue weighted by Gasteiger charge is 2.15. The molecule has 1 rings (SSSR count). The van der Waals surface area contributed by atoms with Crippen molar-refractivity contribution < 1.29 is 13.2 Å². The van der Waals surface area contributed by atoms with Crippen molar-refractivity contribution in [2.24, 2.45) is 0 Å². The first-order valence-corrected chi connectivity index (χ1v) is 7.23. The summed E-state index contributed by atoms with van der Waals surface area (Å²) in [5.74, 6) is 0.107. The van der Waals surface area contributed by atoms with E-state index in [9.17, 15) is 8.42 Å². The van der Waals surface area contributed by atoms with Crippen LogP contribution < -0.4 is 10.5 Å².